The van der Waals surface area contributed by atoms with E-state index >= 15 is 0 Å². The second kappa shape index (κ2) is 8.21. The first kappa shape index (κ1) is 19.5. The Hall–Kier alpha value is -3.22. The summed E-state index contributed by atoms with van der Waals surface area (Å²) in [6, 6.07) is 11.5. The Balaban J connectivity index is 1.57. The number of halogens is 1. The van der Waals surface area contributed by atoms with Crippen LogP contribution in [0.3, 0.4) is 0 Å². The number of nitrogens with zero attached hydrogens (tertiary/aromatic N) is 1. The van der Waals surface area contributed by atoms with Gasteiger partial charge in [-0.25, -0.2) is 9.18 Å². The molecule has 0 spiro atoms. The highest BCUT2D eigenvalue weighted by Crippen LogP contribution is 2.21. The van der Waals surface area contributed by atoms with E-state index in [9.17, 15) is 14.0 Å². The van der Waals surface area contributed by atoms with E-state index < -0.39 is 29.9 Å². The summed E-state index contributed by atoms with van der Waals surface area (Å²) in [7, 11) is 0. The molecule has 0 aliphatic carbocycles. The van der Waals surface area contributed by atoms with E-state index in [0.717, 1.165) is 11.1 Å². The van der Waals surface area contributed by atoms with Crippen LogP contribution in [-0.2, 0) is 19.2 Å². The van der Waals surface area contributed by atoms with Crippen molar-refractivity contribution in [2.45, 2.75) is 39.4 Å². The molecule has 7 heteroatoms. The fourth-order valence-corrected chi connectivity index (χ4v) is 2.88. The first-order chi connectivity index (χ1) is 13.3. The number of rotatable bonds is 5. The molecular formula is C21H21FN2O4. The Morgan fingerprint density at radius 3 is 2.57 bits per heavy atom. The molecule has 1 heterocycles. The molecule has 1 N–H and O–H groups in total. The van der Waals surface area contributed by atoms with Crippen LogP contribution in [0.1, 0.15) is 30.0 Å². The van der Waals surface area contributed by atoms with E-state index in [1.807, 2.05) is 32.0 Å². The zero-order valence-corrected chi connectivity index (χ0v) is 15.9. The van der Waals surface area contributed by atoms with Gasteiger partial charge in [-0.05, 0) is 44.0 Å². The molecule has 1 aliphatic heterocycles. The van der Waals surface area contributed by atoms with Crippen LogP contribution < -0.4 is 5.32 Å². The van der Waals surface area contributed by atoms with Crippen LogP contribution in [0.25, 0.3) is 0 Å². The predicted molar refractivity (Wildman–Crippen MR) is 103 cm³/mol. The highest BCUT2D eigenvalue weighted by atomic mass is 19.1. The maximum Gasteiger partial charge on any atom is 0.351 e. The van der Waals surface area contributed by atoms with E-state index in [4.69, 9.17) is 9.57 Å². The fourth-order valence-electron chi connectivity index (χ4n) is 2.88. The van der Waals surface area contributed by atoms with Crippen LogP contribution in [-0.4, -0.2) is 29.8 Å². The number of benzene rings is 2. The number of anilines is 1. The molecule has 0 radical (unpaired) electrons. The van der Waals surface area contributed by atoms with Crippen molar-refractivity contribution in [3.05, 3.63) is 65.0 Å². The van der Waals surface area contributed by atoms with E-state index in [-0.39, 0.29) is 6.42 Å². The SMILES string of the molecule is Cc1cccc(C)c1NC(=O)C(C)OC(=O)C1CC(c2cccc(F)c2)=NO1. The molecule has 0 fully saturated rings. The van der Waals surface area contributed by atoms with Gasteiger partial charge in [0.1, 0.15) is 5.82 Å². The van der Waals surface area contributed by atoms with Gasteiger partial charge in [0.15, 0.2) is 6.10 Å². The van der Waals surface area contributed by atoms with Gasteiger partial charge in [-0.1, -0.05) is 35.5 Å². The Labute approximate surface area is 162 Å². The third-order valence-corrected chi connectivity index (χ3v) is 4.48. The lowest BCUT2D eigenvalue weighted by atomic mass is 10.1. The lowest BCUT2D eigenvalue weighted by Crippen LogP contribution is -2.34. The standard InChI is InChI=1S/C21H21FN2O4/c1-12-6-4-7-13(2)19(12)23-20(25)14(3)27-21(26)18-11-17(24-28-18)15-8-5-9-16(22)10-15/h4-10,14,18H,11H2,1-3H3,(H,23,25). The second-order valence-corrected chi connectivity index (χ2v) is 6.68. The summed E-state index contributed by atoms with van der Waals surface area (Å²) >= 11 is 0. The molecule has 0 saturated heterocycles. The van der Waals surface area contributed by atoms with Crippen molar-refractivity contribution < 1.29 is 23.6 Å². The van der Waals surface area contributed by atoms with Crippen LogP contribution in [0.5, 0.6) is 0 Å². The molecule has 2 atom stereocenters. The lowest BCUT2D eigenvalue weighted by Gasteiger charge is -2.17. The van der Waals surface area contributed by atoms with E-state index in [1.54, 1.807) is 12.1 Å². The Morgan fingerprint density at radius 1 is 1.21 bits per heavy atom. The normalized spacial score (nSPS) is 16.7. The van der Waals surface area contributed by atoms with Gasteiger partial charge in [0.25, 0.3) is 5.91 Å². The number of carbonyl (C=O) groups excluding carboxylic acids is 2. The van der Waals surface area contributed by atoms with Crippen molar-refractivity contribution >= 4 is 23.3 Å². The summed E-state index contributed by atoms with van der Waals surface area (Å²) < 4.78 is 18.6. The minimum absolute atomic E-state index is 0.146. The first-order valence-electron chi connectivity index (χ1n) is 8.91. The number of carbonyl (C=O) groups is 2. The smallest absolute Gasteiger partial charge is 0.351 e. The predicted octanol–water partition coefficient (Wildman–Crippen LogP) is 3.51. The molecule has 1 aliphatic rings. The second-order valence-electron chi connectivity index (χ2n) is 6.68. The first-order valence-corrected chi connectivity index (χ1v) is 8.91. The Morgan fingerprint density at radius 2 is 1.89 bits per heavy atom. The van der Waals surface area contributed by atoms with Crippen LogP contribution in [0.15, 0.2) is 47.6 Å². The molecule has 3 rings (SSSR count). The lowest BCUT2D eigenvalue weighted by molar-refractivity contribution is -0.163. The highest BCUT2D eigenvalue weighted by molar-refractivity contribution is 6.04. The molecule has 6 nitrogen and oxygen atoms in total. The van der Waals surface area contributed by atoms with Gasteiger partial charge in [-0.15, -0.1) is 0 Å². The van der Waals surface area contributed by atoms with Crippen molar-refractivity contribution in [3.8, 4) is 0 Å². The Bertz CT molecular complexity index is 922. The summed E-state index contributed by atoms with van der Waals surface area (Å²) in [6.45, 7) is 5.26. The number of hydrogen-bond acceptors (Lipinski definition) is 5. The molecule has 1 amide bonds. The molecule has 2 unspecified atom stereocenters. The molecule has 0 saturated carbocycles. The topological polar surface area (TPSA) is 77.0 Å². The summed E-state index contributed by atoms with van der Waals surface area (Å²) in [5, 5.41) is 6.63. The zero-order chi connectivity index (χ0) is 20.3. The number of ether oxygens (including phenoxy) is 1. The average molecular weight is 384 g/mol. The van der Waals surface area contributed by atoms with Crippen molar-refractivity contribution in [3.63, 3.8) is 0 Å². The van der Waals surface area contributed by atoms with Crippen molar-refractivity contribution in [1.82, 2.24) is 0 Å². The Kier molecular flexibility index (Phi) is 5.73. The fraction of sp³-hybridized carbons (Fsp3) is 0.286. The van der Waals surface area contributed by atoms with Gasteiger partial charge >= 0.3 is 5.97 Å². The van der Waals surface area contributed by atoms with Crippen molar-refractivity contribution in [1.29, 1.82) is 0 Å². The molecule has 0 bridgehead atoms. The maximum atomic E-state index is 13.3. The molecular weight excluding hydrogens is 363 g/mol. The third kappa shape index (κ3) is 4.36. The van der Waals surface area contributed by atoms with Gasteiger partial charge < -0.3 is 14.9 Å². The van der Waals surface area contributed by atoms with Gasteiger partial charge in [0, 0.05) is 17.7 Å². The highest BCUT2D eigenvalue weighted by Gasteiger charge is 2.32. The number of esters is 1. The van der Waals surface area contributed by atoms with E-state index in [1.165, 1.54) is 19.1 Å². The quantitative estimate of drug-likeness (QED) is 0.801. The van der Waals surface area contributed by atoms with Crippen LogP contribution in [0.2, 0.25) is 0 Å². The van der Waals surface area contributed by atoms with E-state index in [2.05, 4.69) is 10.5 Å². The monoisotopic (exact) mass is 384 g/mol. The average Bonchev–Trinajstić information content (AvgIpc) is 3.15. The minimum atomic E-state index is -1.01. The number of aryl methyl sites for hydroxylation is 2. The minimum Gasteiger partial charge on any atom is -0.450 e. The summed E-state index contributed by atoms with van der Waals surface area (Å²) in [6.07, 6.45) is -1.82. The number of nitrogens with one attached hydrogen (secondary N) is 1. The maximum absolute atomic E-state index is 13.3. The summed E-state index contributed by atoms with van der Waals surface area (Å²) in [5.74, 6) is -1.53. The van der Waals surface area contributed by atoms with Crippen molar-refractivity contribution in [2.24, 2.45) is 5.16 Å². The third-order valence-electron chi connectivity index (χ3n) is 4.48. The molecule has 28 heavy (non-hydrogen) atoms. The molecule has 0 aromatic heterocycles. The molecule has 146 valence electrons. The largest absolute Gasteiger partial charge is 0.450 e. The zero-order valence-electron chi connectivity index (χ0n) is 15.9. The van der Waals surface area contributed by atoms with Crippen LogP contribution in [0, 0.1) is 19.7 Å². The molecule has 2 aromatic carbocycles. The number of amides is 1. The number of hydrogen-bond donors (Lipinski definition) is 1. The van der Waals surface area contributed by atoms with Gasteiger partial charge in [0.05, 0.1) is 5.71 Å². The van der Waals surface area contributed by atoms with Gasteiger partial charge in [0.2, 0.25) is 6.10 Å². The van der Waals surface area contributed by atoms with Crippen LogP contribution >= 0.6 is 0 Å². The van der Waals surface area contributed by atoms with Gasteiger partial charge in [-0.3, -0.25) is 4.79 Å². The number of para-hydroxylation sites is 1. The van der Waals surface area contributed by atoms with Crippen molar-refractivity contribution in [2.75, 3.05) is 5.32 Å². The summed E-state index contributed by atoms with van der Waals surface area (Å²) in [4.78, 5) is 29.8. The summed E-state index contributed by atoms with van der Waals surface area (Å²) in [5.41, 5.74) is 3.52. The van der Waals surface area contributed by atoms with E-state index in [0.29, 0.717) is 17.0 Å². The molecule has 2 aromatic rings. The number of oxime groups is 1. The van der Waals surface area contributed by atoms with Crippen LogP contribution in [0.4, 0.5) is 10.1 Å². The van der Waals surface area contributed by atoms with Gasteiger partial charge in [-0.2, -0.15) is 0 Å².